The fourth-order valence-corrected chi connectivity index (χ4v) is 20.8. The van der Waals surface area contributed by atoms with Crippen LogP contribution in [0, 0.1) is 128 Å². The van der Waals surface area contributed by atoms with Gasteiger partial charge in [-0.05, 0) is 200 Å². The third kappa shape index (κ3) is 18.5. The summed E-state index contributed by atoms with van der Waals surface area (Å²) in [6, 6.07) is 36.0. The van der Waals surface area contributed by atoms with Crippen LogP contribution in [-0.4, -0.2) is 135 Å². The largest absolute Gasteiger partial charge is 0.343 e. The molecule has 1 amide bonds. The van der Waals surface area contributed by atoms with Crippen LogP contribution in [0.4, 0.5) is 13.2 Å². The molecule has 0 N–H and O–H groups in total. The van der Waals surface area contributed by atoms with Gasteiger partial charge in [-0.3, -0.25) is 57.4 Å². The predicted octanol–water partition coefficient (Wildman–Crippen LogP) is 18.9. The summed E-state index contributed by atoms with van der Waals surface area (Å²) in [6.07, 6.45) is 2.56. The Morgan fingerprint density at radius 1 is 0.413 bits per heavy atom. The smallest absolute Gasteiger partial charge is 0.245 e. The second kappa shape index (κ2) is 37.5. The van der Waals surface area contributed by atoms with Crippen molar-refractivity contribution in [3.8, 4) is 44.3 Å². The standard InChI is InChI=1S/C25H26N6OS.C24H23F2N5OS.C24H24FN5OS.C21H19N5OS/c1-15-16(2)33-25-22(15)23(19-9-7-18(14-26)8-10-19)27-20(24-29-28-17(3)31(24)25)13-21(32)30-11-5-4-6-12-30;1-13-14(2)33-23-20(13)21(17-7-5-16(12-27)6-8-17)28-19(22-30-29-15(3)31(22)23)11-18(32)9-10-24(4,25)26;1-13(25)5-10-19(31)11-20-23-29-28-16(4)30(23)24-21(14(2)15(3)32-24)22(27-20)18-8-6-17(12-26)7-9-18;1-11(27)9-17-20-25-24-14(4)26(20)21-18(12(2)13(3)28-21)19(23-17)16-7-5-15(10-22)6-8-16/h7-10,20H,4-6,11-13H2,1-3H3;5-8,19H,9-11H2,1-4H3;6-9,13,20H,5,10-11H2,1-4H3;5-8,17H,9H2,1-4H3/t20-;19-;13?,20-;17-/m0000/s1. The van der Waals surface area contributed by atoms with Crippen LogP contribution in [0.25, 0.3) is 20.0 Å². The zero-order valence-corrected chi connectivity index (χ0v) is 75.9. The van der Waals surface area contributed by atoms with E-state index in [0.29, 0.717) is 57.1 Å². The van der Waals surface area contributed by atoms with Crippen molar-refractivity contribution in [2.75, 3.05) is 13.1 Å². The summed E-state index contributed by atoms with van der Waals surface area (Å²) in [5.41, 5.74) is 17.5. The second-order valence-corrected chi connectivity index (χ2v) is 37.1. The van der Waals surface area contributed by atoms with Crippen LogP contribution in [0.5, 0.6) is 0 Å². The van der Waals surface area contributed by atoms with E-state index in [1.807, 2.05) is 121 Å². The highest BCUT2D eigenvalue weighted by Crippen LogP contribution is 2.46. The molecule has 12 aromatic rings. The van der Waals surface area contributed by atoms with Gasteiger partial charge in [-0.2, -0.15) is 21.0 Å². The third-order valence-electron chi connectivity index (χ3n) is 23.2. The van der Waals surface area contributed by atoms with Crippen molar-refractivity contribution in [3.63, 3.8) is 0 Å². The van der Waals surface area contributed by atoms with Gasteiger partial charge >= 0.3 is 0 Å². The number of carbonyl (C=O) groups excluding carboxylic acids is 4. The Morgan fingerprint density at radius 3 is 0.944 bits per heavy atom. The summed E-state index contributed by atoms with van der Waals surface area (Å²) >= 11 is 6.63. The molecule has 4 aromatic carbocycles. The summed E-state index contributed by atoms with van der Waals surface area (Å²) in [5.74, 6) is 2.45. The molecule has 0 aliphatic carbocycles. The number of alkyl halides is 3. The number of likely N-dealkylation sites (tertiary alicyclic amines) is 1. The van der Waals surface area contributed by atoms with Crippen molar-refractivity contribution in [2.45, 2.75) is 211 Å². The number of ketones is 3. The fraction of sp³-hybridized carbons (Fsp3) is 0.362. The number of benzene rings is 4. The van der Waals surface area contributed by atoms with Gasteiger partial charge in [0.25, 0.3) is 0 Å². The number of nitriles is 4. The number of piperidine rings is 1. The zero-order valence-electron chi connectivity index (χ0n) is 72.6. The number of carbonyl (C=O) groups is 4. The molecule has 5 atom stereocenters. The number of nitrogens with zero attached hydrogens (tertiary/aromatic N) is 21. The van der Waals surface area contributed by atoms with E-state index in [1.54, 1.807) is 88.7 Å². The van der Waals surface area contributed by atoms with Gasteiger partial charge < -0.3 is 4.90 Å². The van der Waals surface area contributed by atoms with Crippen molar-refractivity contribution in [1.29, 1.82) is 21.0 Å². The summed E-state index contributed by atoms with van der Waals surface area (Å²) in [5, 5.41) is 75.3. The average Bonchev–Trinajstić information content (AvgIpc) is 1.61. The number of fused-ring (bicyclic) bond motifs is 12. The van der Waals surface area contributed by atoms with Gasteiger partial charge in [0, 0.05) is 116 Å². The van der Waals surface area contributed by atoms with Gasteiger partial charge in [0.15, 0.2) is 23.3 Å². The molecule has 126 heavy (non-hydrogen) atoms. The van der Waals surface area contributed by atoms with E-state index >= 15 is 0 Å². The molecule has 5 aliphatic rings. The van der Waals surface area contributed by atoms with Crippen LogP contribution >= 0.6 is 45.3 Å². The molecule has 1 unspecified atom stereocenters. The zero-order chi connectivity index (χ0) is 90.0. The third-order valence-corrected chi connectivity index (χ3v) is 27.9. The maximum absolute atomic E-state index is 13.3. The molecule has 0 radical (unpaired) electrons. The number of aryl methyl sites for hydroxylation is 8. The lowest BCUT2D eigenvalue weighted by atomic mass is 9.98. The molecule has 1 saturated heterocycles. The Bertz CT molecular complexity index is 6560. The molecule has 0 bridgehead atoms. The SMILES string of the molecule is CC(=O)C[C@@H]1N=C(c2ccc(C#N)cc2)c2c(sc(C)c2C)-n2c(C)nnc21.Cc1sc2c(c1C)C(c1ccc(C#N)cc1)=N[C@@H](CC(=O)CCC(C)(F)F)c1nnc(C)n1-2.Cc1sc2c(c1C)C(c1ccc(C#N)cc1)=N[C@@H](CC(=O)CCC(C)F)c1nnc(C)n1-2.Cc1sc2c(c1C)C(c1ccc(C#N)cc1)=N[C@@H](CC(=O)N1CCCCC1)c1nnc(C)n1-2. The number of Topliss-reactive ketones (excluding diaryl/α,β-unsaturated/α-hetero) is 3. The molecule has 0 spiro atoms. The van der Waals surface area contributed by atoms with E-state index < -0.39 is 42.7 Å². The number of amides is 1. The first kappa shape index (κ1) is 89.4. The number of aromatic nitrogens is 12. The average molecular weight is 1770 g/mol. The van der Waals surface area contributed by atoms with Crippen molar-refractivity contribution < 1.29 is 32.3 Å². The highest BCUT2D eigenvalue weighted by molar-refractivity contribution is 7.16. The summed E-state index contributed by atoms with van der Waals surface area (Å²) in [6.45, 7) is 29.7. The molecule has 17 rings (SSSR count). The highest BCUT2D eigenvalue weighted by Gasteiger charge is 2.39. The number of aliphatic imine (C=N–C) groups is 4. The summed E-state index contributed by atoms with van der Waals surface area (Å²) in [7, 11) is 0. The van der Waals surface area contributed by atoms with Gasteiger partial charge in [-0.15, -0.1) is 86.1 Å². The second-order valence-electron chi connectivity index (χ2n) is 32.3. The van der Waals surface area contributed by atoms with Gasteiger partial charge in [0.2, 0.25) is 11.8 Å². The first-order valence-corrected chi connectivity index (χ1v) is 44.8. The Labute approximate surface area is 744 Å². The minimum absolute atomic E-state index is 0.0407. The van der Waals surface area contributed by atoms with Crippen LogP contribution < -0.4 is 0 Å². The summed E-state index contributed by atoms with van der Waals surface area (Å²) < 4.78 is 47.9. The van der Waals surface area contributed by atoms with Crippen molar-refractivity contribution >= 4 is 91.5 Å². The molecule has 5 aliphatic heterocycles. The lowest BCUT2D eigenvalue weighted by Crippen LogP contribution is -2.36. The van der Waals surface area contributed by atoms with E-state index in [-0.39, 0.29) is 68.2 Å². The molecule has 0 saturated carbocycles. The summed E-state index contributed by atoms with van der Waals surface area (Å²) in [4.78, 5) is 77.3. The quantitative estimate of drug-likeness (QED) is 0.0770. The number of rotatable bonds is 18. The van der Waals surface area contributed by atoms with E-state index in [2.05, 4.69) is 111 Å². The Hall–Kier alpha value is -12.9. The fourth-order valence-electron chi connectivity index (χ4n) is 16.0. The van der Waals surface area contributed by atoms with Crippen molar-refractivity contribution in [3.05, 3.63) is 252 Å². The minimum atomic E-state index is -2.90. The van der Waals surface area contributed by atoms with Crippen molar-refractivity contribution in [2.24, 2.45) is 20.0 Å². The van der Waals surface area contributed by atoms with Gasteiger partial charge in [0.05, 0.1) is 82.0 Å². The minimum Gasteiger partial charge on any atom is -0.343 e. The maximum atomic E-state index is 13.3. The van der Waals surface area contributed by atoms with Gasteiger partial charge in [0.1, 0.15) is 84.8 Å². The monoisotopic (exact) mass is 1760 g/mol. The number of hydrogen-bond donors (Lipinski definition) is 0. The molecular formula is C94H92F3N21O4S4. The predicted molar refractivity (Wildman–Crippen MR) is 481 cm³/mol. The van der Waals surface area contributed by atoms with Crippen LogP contribution in [0.15, 0.2) is 117 Å². The van der Waals surface area contributed by atoms with Crippen LogP contribution in [0.1, 0.15) is 271 Å². The first-order chi connectivity index (χ1) is 60.3. The Kier molecular flexibility index (Phi) is 26.6. The molecule has 13 heterocycles. The van der Waals surface area contributed by atoms with E-state index in [9.17, 15) is 48.1 Å². The van der Waals surface area contributed by atoms with Crippen molar-refractivity contribution in [1.82, 2.24) is 64.0 Å². The molecule has 32 heteroatoms. The first-order valence-electron chi connectivity index (χ1n) is 41.5. The highest BCUT2D eigenvalue weighted by atomic mass is 32.1. The number of thiophene rings is 4. The molecule has 8 aromatic heterocycles. The normalized spacial score (nSPS) is 16.0. The van der Waals surface area contributed by atoms with Gasteiger partial charge in [-0.1, -0.05) is 48.5 Å². The molecule has 25 nitrogen and oxygen atoms in total. The lowest BCUT2D eigenvalue weighted by Gasteiger charge is -2.27. The molecule has 642 valence electrons. The lowest BCUT2D eigenvalue weighted by molar-refractivity contribution is -0.132. The molecule has 1 fully saturated rings. The Morgan fingerprint density at radius 2 is 0.683 bits per heavy atom. The van der Waals surface area contributed by atoms with Crippen LogP contribution in [-0.2, 0) is 19.2 Å². The number of halogens is 3. The Balaban J connectivity index is 0.000000137. The van der Waals surface area contributed by atoms with Crippen LogP contribution in [0.2, 0.25) is 0 Å². The molecular weight excluding hydrogens is 1670 g/mol. The number of hydrogen-bond acceptors (Lipinski definition) is 24. The van der Waals surface area contributed by atoms with Gasteiger partial charge in [-0.25, -0.2) is 13.2 Å². The topological polar surface area (TPSA) is 339 Å². The van der Waals surface area contributed by atoms with E-state index in [1.165, 1.54) is 33.5 Å². The van der Waals surface area contributed by atoms with E-state index in [0.717, 1.165) is 154 Å². The van der Waals surface area contributed by atoms with E-state index in [4.69, 9.17) is 25.2 Å². The maximum Gasteiger partial charge on any atom is 0.245 e. The van der Waals surface area contributed by atoms with Crippen LogP contribution in [0.3, 0.4) is 0 Å².